The summed E-state index contributed by atoms with van der Waals surface area (Å²) in [6, 6.07) is 0. The third-order valence-electron chi connectivity index (χ3n) is 0. The van der Waals surface area contributed by atoms with Gasteiger partial charge in [0.1, 0.15) is 0 Å². The van der Waals surface area contributed by atoms with Crippen LogP contribution in [0.1, 0.15) is 0 Å². The second-order valence-corrected chi connectivity index (χ2v) is 0. The van der Waals surface area contributed by atoms with Gasteiger partial charge in [-0.15, -0.1) is 0 Å². The summed E-state index contributed by atoms with van der Waals surface area (Å²) in [5.74, 6) is 0. The summed E-state index contributed by atoms with van der Waals surface area (Å²) in [6.45, 7) is 0. The number of hydrogen-bond donors (Lipinski definition) is 0. The molecule has 31 valence electrons. The molecule has 0 aliphatic carbocycles. The van der Waals surface area contributed by atoms with E-state index in [9.17, 15) is 0 Å². The third-order valence-corrected chi connectivity index (χ3v) is 0. The van der Waals surface area contributed by atoms with Gasteiger partial charge in [-0.2, -0.15) is 0 Å². The molecular formula is H5BCoNiSn. The Hall–Kier alpha value is 1.86. The Morgan fingerprint density at radius 3 is 1.00 bits per heavy atom. The summed E-state index contributed by atoms with van der Waals surface area (Å²) in [7, 11) is 0. The zero-order valence-corrected chi connectivity index (χ0v) is 7.42. The molecule has 0 aromatic carbocycles. The molecule has 0 saturated carbocycles. The van der Waals surface area contributed by atoms with E-state index in [1.807, 2.05) is 0 Å². The summed E-state index contributed by atoms with van der Waals surface area (Å²) < 4.78 is 0. The molecule has 3 radical (unpaired) electrons. The summed E-state index contributed by atoms with van der Waals surface area (Å²) in [5, 5.41) is 0. The normalized spacial score (nSPS) is 0. The first kappa shape index (κ1) is 39.9. The molecule has 0 aromatic heterocycles. The molecule has 0 saturated heterocycles. The standard InChI is InChI=1S/BH3.Co.Ni.Sn.2H/h1H3;;;;;. The van der Waals surface area contributed by atoms with Crippen LogP contribution in [0.3, 0.4) is 0 Å². The van der Waals surface area contributed by atoms with Crippen molar-refractivity contribution < 1.29 is 33.3 Å². The summed E-state index contributed by atoms with van der Waals surface area (Å²) >= 11 is 0. The van der Waals surface area contributed by atoms with Gasteiger partial charge in [-0.3, -0.25) is 0 Å². The van der Waals surface area contributed by atoms with Crippen molar-refractivity contribution in [1.29, 1.82) is 0 Å². The van der Waals surface area contributed by atoms with Crippen LogP contribution in [0.15, 0.2) is 0 Å². The van der Waals surface area contributed by atoms with Gasteiger partial charge >= 0.3 is 23.9 Å². The maximum absolute atomic E-state index is 0. The van der Waals surface area contributed by atoms with E-state index < -0.39 is 0 Å². The van der Waals surface area contributed by atoms with Gasteiger partial charge in [0.05, 0.1) is 8.41 Å². The van der Waals surface area contributed by atoms with Crippen molar-refractivity contribution in [3.05, 3.63) is 0 Å². The minimum absolute atomic E-state index is 0. The van der Waals surface area contributed by atoms with E-state index in [0.717, 1.165) is 0 Å². The van der Waals surface area contributed by atoms with Crippen molar-refractivity contribution in [1.82, 2.24) is 0 Å². The van der Waals surface area contributed by atoms with Gasteiger partial charge in [-0.1, -0.05) is 0 Å². The van der Waals surface area contributed by atoms with Crippen LogP contribution in [0.5, 0.6) is 0 Å². The second kappa shape index (κ2) is 20.9. The fraction of sp³-hybridized carbons (Fsp3) is 0. The van der Waals surface area contributed by atoms with Gasteiger partial charge in [0.25, 0.3) is 0 Å². The number of rotatable bonds is 0. The Bertz CT molecular complexity index is 8.00. The molecule has 0 aliphatic heterocycles. The Morgan fingerprint density at radius 1 is 1.00 bits per heavy atom. The van der Waals surface area contributed by atoms with Gasteiger partial charge in [-0.05, 0) is 0 Å². The van der Waals surface area contributed by atoms with E-state index in [1.165, 1.54) is 0 Å². The van der Waals surface area contributed by atoms with Gasteiger partial charge in [0, 0.05) is 33.3 Å². The Morgan fingerprint density at radius 2 is 1.00 bits per heavy atom. The fourth-order valence-electron chi connectivity index (χ4n) is 0. The second-order valence-electron chi connectivity index (χ2n) is 0. The quantitative estimate of drug-likeness (QED) is 0.433. The van der Waals surface area contributed by atoms with E-state index in [-0.39, 0.29) is 65.6 Å². The molecule has 4 heteroatoms. The SMILES string of the molecule is B.[Co].[Ni].[SnH2]. The summed E-state index contributed by atoms with van der Waals surface area (Å²) in [6.07, 6.45) is 0. The molecule has 0 rings (SSSR count). The average Bonchev–Trinajstić information content (AvgIpc) is 0. The van der Waals surface area contributed by atoms with Crippen LogP contribution < -0.4 is 0 Å². The van der Waals surface area contributed by atoms with Crippen LogP contribution >= 0.6 is 0 Å². The maximum atomic E-state index is 0. The predicted octanol–water partition coefficient (Wildman–Crippen LogP) is -2.11. The first-order valence-electron chi connectivity index (χ1n) is 0. The molecule has 0 unspecified atom stereocenters. The van der Waals surface area contributed by atoms with Gasteiger partial charge in [0.2, 0.25) is 0 Å². The molecule has 0 aliphatic rings. The first-order valence-corrected chi connectivity index (χ1v) is 0. The summed E-state index contributed by atoms with van der Waals surface area (Å²) in [5.41, 5.74) is 0. The van der Waals surface area contributed by atoms with Gasteiger partial charge in [-0.25, -0.2) is 0 Å². The van der Waals surface area contributed by atoms with Crippen molar-refractivity contribution in [2.45, 2.75) is 0 Å². The Labute approximate surface area is 65.1 Å². The minimum atomic E-state index is 0. The van der Waals surface area contributed by atoms with E-state index >= 15 is 0 Å². The monoisotopic (exact) mass is 253 g/mol. The molecular weight excluding hydrogens is 247 g/mol. The average molecular weight is 252 g/mol. The summed E-state index contributed by atoms with van der Waals surface area (Å²) in [4.78, 5) is 0. The van der Waals surface area contributed by atoms with Crippen LogP contribution in [0.4, 0.5) is 0 Å². The van der Waals surface area contributed by atoms with Crippen LogP contribution in [0, 0.1) is 0 Å². The van der Waals surface area contributed by atoms with Crippen LogP contribution in [0.2, 0.25) is 0 Å². The Balaban J connectivity index is 0. The van der Waals surface area contributed by atoms with E-state index in [2.05, 4.69) is 0 Å². The molecule has 0 bridgehead atoms. The van der Waals surface area contributed by atoms with E-state index in [4.69, 9.17) is 0 Å². The van der Waals surface area contributed by atoms with E-state index in [0.29, 0.717) is 0 Å². The molecule has 0 N–H and O–H groups in total. The molecule has 4 heavy (non-hydrogen) atoms. The van der Waals surface area contributed by atoms with Crippen molar-refractivity contribution >= 4 is 32.3 Å². The van der Waals surface area contributed by atoms with Crippen molar-refractivity contribution in [3.8, 4) is 0 Å². The zero-order chi connectivity index (χ0) is 0. The molecule has 0 spiro atoms. The predicted molar refractivity (Wildman–Crippen MR) is 18.5 cm³/mol. The first-order chi connectivity index (χ1) is 0. The van der Waals surface area contributed by atoms with Crippen molar-refractivity contribution in [2.75, 3.05) is 0 Å². The van der Waals surface area contributed by atoms with Crippen molar-refractivity contribution in [3.63, 3.8) is 0 Å². The fourth-order valence-corrected chi connectivity index (χ4v) is 0. The molecule has 0 amide bonds. The Kier molecular flexibility index (Phi) is 209. The van der Waals surface area contributed by atoms with Crippen LogP contribution in [-0.4, -0.2) is 32.3 Å². The molecule has 0 heterocycles. The third kappa shape index (κ3) is 9.12. The van der Waals surface area contributed by atoms with Crippen LogP contribution in [0.25, 0.3) is 0 Å². The topological polar surface area (TPSA) is 0 Å². The van der Waals surface area contributed by atoms with Crippen LogP contribution in [-0.2, 0) is 33.3 Å². The van der Waals surface area contributed by atoms with Crippen molar-refractivity contribution in [2.24, 2.45) is 0 Å². The van der Waals surface area contributed by atoms with Gasteiger partial charge < -0.3 is 0 Å². The molecule has 0 fully saturated rings. The zero-order valence-electron chi connectivity index (χ0n) is 1.36. The number of hydrogen-bond acceptors (Lipinski definition) is 0. The molecule has 0 nitrogen and oxygen atoms in total. The molecule has 0 atom stereocenters. The van der Waals surface area contributed by atoms with E-state index in [1.54, 1.807) is 0 Å². The molecule has 0 aromatic rings. The van der Waals surface area contributed by atoms with Gasteiger partial charge in [0.15, 0.2) is 0 Å².